The molecule has 0 aliphatic heterocycles. The summed E-state index contributed by atoms with van der Waals surface area (Å²) in [5, 5.41) is 11.9. The molecule has 0 saturated carbocycles. The second kappa shape index (κ2) is 6.96. The van der Waals surface area contributed by atoms with Crippen LogP contribution < -0.4 is 5.32 Å². The molecule has 0 spiro atoms. The third-order valence-corrected chi connectivity index (χ3v) is 4.94. The monoisotopic (exact) mass is 316 g/mol. The van der Waals surface area contributed by atoms with E-state index in [9.17, 15) is 4.79 Å². The minimum Gasteiger partial charge on any atom is -0.349 e. The van der Waals surface area contributed by atoms with Crippen molar-refractivity contribution in [1.29, 1.82) is 0 Å². The molecule has 3 rings (SSSR count). The summed E-state index contributed by atoms with van der Waals surface area (Å²) in [5.41, 5.74) is 2.63. The fraction of sp³-hybridized carbons (Fsp3) is 0.438. The van der Waals surface area contributed by atoms with Crippen molar-refractivity contribution in [3.8, 4) is 0 Å². The Balaban J connectivity index is 1.59. The van der Waals surface area contributed by atoms with Crippen LogP contribution in [0, 0.1) is 0 Å². The molecule has 1 aliphatic rings. The van der Waals surface area contributed by atoms with Gasteiger partial charge in [0.25, 0.3) is 0 Å². The molecule has 1 atom stereocenters. The van der Waals surface area contributed by atoms with E-state index in [2.05, 4.69) is 33.7 Å². The summed E-state index contributed by atoms with van der Waals surface area (Å²) in [6.45, 7) is 2.85. The number of thioether (sulfide) groups is 1. The zero-order valence-corrected chi connectivity index (χ0v) is 13.5. The number of aryl methyl sites for hydroxylation is 2. The number of hydrogen-bond donors (Lipinski definition) is 1. The predicted octanol–water partition coefficient (Wildman–Crippen LogP) is 2.58. The number of nitrogens with one attached hydrogen (secondary N) is 1. The van der Waals surface area contributed by atoms with Gasteiger partial charge < -0.3 is 9.88 Å². The van der Waals surface area contributed by atoms with Gasteiger partial charge in [-0.2, -0.15) is 0 Å². The Morgan fingerprint density at radius 2 is 2.32 bits per heavy atom. The van der Waals surface area contributed by atoms with Crippen LogP contribution in [0.25, 0.3) is 0 Å². The zero-order chi connectivity index (χ0) is 15.4. The van der Waals surface area contributed by atoms with Gasteiger partial charge >= 0.3 is 0 Å². The molecule has 0 saturated heterocycles. The lowest BCUT2D eigenvalue weighted by atomic mass is 9.88. The minimum atomic E-state index is 0.0531. The van der Waals surface area contributed by atoms with Crippen LogP contribution in [-0.4, -0.2) is 26.4 Å². The van der Waals surface area contributed by atoms with Crippen LogP contribution in [0.15, 0.2) is 35.7 Å². The first-order valence-corrected chi connectivity index (χ1v) is 8.64. The average Bonchev–Trinajstić information content (AvgIpc) is 3.01. The SMILES string of the molecule is CCn1cnnc1SCC(=O)N[C@H]1CCCc2ccccc21. The summed E-state index contributed by atoms with van der Waals surface area (Å²) >= 11 is 1.43. The molecule has 1 aromatic carbocycles. The maximum atomic E-state index is 12.2. The van der Waals surface area contributed by atoms with Crippen LogP contribution in [-0.2, 0) is 17.8 Å². The van der Waals surface area contributed by atoms with Crippen LogP contribution in [0.4, 0.5) is 0 Å². The standard InChI is InChI=1S/C16H20N4OS/c1-2-20-11-17-19-16(20)22-10-15(21)18-14-9-5-7-12-6-3-4-8-13(12)14/h3-4,6,8,11,14H,2,5,7,9-10H2,1H3,(H,18,21)/t14-/m0/s1. The van der Waals surface area contributed by atoms with Gasteiger partial charge in [-0.1, -0.05) is 36.0 Å². The molecule has 1 amide bonds. The van der Waals surface area contributed by atoms with Gasteiger partial charge in [-0.25, -0.2) is 0 Å². The number of amides is 1. The number of hydrogen-bond acceptors (Lipinski definition) is 4. The smallest absolute Gasteiger partial charge is 0.230 e. The van der Waals surface area contributed by atoms with E-state index in [1.807, 2.05) is 17.6 Å². The molecular formula is C16H20N4OS. The van der Waals surface area contributed by atoms with Gasteiger partial charge in [0.1, 0.15) is 6.33 Å². The Hall–Kier alpha value is -1.82. The van der Waals surface area contributed by atoms with E-state index in [-0.39, 0.29) is 11.9 Å². The van der Waals surface area contributed by atoms with Crippen LogP contribution in [0.2, 0.25) is 0 Å². The Kier molecular flexibility index (Phi) is 4.77. The van der Waals surface area contributed by atoms with Crippen LogP contribution in [0.5, 0.6) is 0 Å². The Morgan fingerprint density at radius 1 is 1.45 bits per heavy atom. The maximum Gasteiger partial charge on any atom is 0.230 e. The quantitative estimate of drug-likeness (QED) is 0.861. The molecule has 6 heteroatoms. The van der Waals surface area contributed by atoms with Crippen LogP contribution >= 0.6 is 11.8 Å². The summed E-state index contributed by atoms with van der Waals surface area (Å²) < 4.78 is 1.94. The second-order valence-corrected chi connectivity index (χ2v) is 6.34. The lowest BCUT2D eigenvalue weighted by Crippen LogP contribution is -2.32. The lowest BCUT2D eigenvalue weighted by Gasteiger charge is -2.26. The summed E-state index contributed by atoms with van der Waals surface area (Å²) in [5.74, 6) is 0.425. The van der Waals surface area contributed by atoms with Crippen molar-refractivity contribution in [3.63, 3.8) is 0 Å². The Morgan fingerprint density at radius 3 is 3.18 bits per heavy atom. The van der Waals surface area contributed by atoms with E-state index < -0.39 is 0 Å². The maximum absolute atomic E-state index is 12.2. The second-order valence-electron chi connectivity index (χ2n) is 5.40. The summed E-state index contributed by atoms with van der Waals surface area (Å²) in [7, 11) is 0. The van der Waals surface area contributed by atoms with Gasteiger partial charge in [0.2, 0.25) is 5.91 Å². The summed E-state index contributed by atoms with van der Waals surface area (Å²) in [6, 6.07) is 8.53. The van der Waals surface area contributed by atoms with E-state index in [0.29, 0.717) is 5.75 Å². The molecule has 5 nitrogen and oxygen atoms in total. The third-order valence-electron chi connectivity index (χ3n) is 3.96. The van der Waals surface area contributed by atoms with Gasteiger partial charge in [0.15, 0.2) is 5.16 Å². The van der Waals surface area contributed by atoms with E-state index in [1.165, 1.54) is 22.9 Å². The molecule has 2 aromatic rings. The molecule has 0 fully saturated rings. The van der Waals surface area contributed by atoms with Gasteiger partial charge in [-0.05, 0) is 37.3 Å². The number of carbonyl (C=O) groups excluding carboxylic acids is 1. The topological polar surface area (TPSA) is 59.8 Å². The number of fused-ring (bicyclic) bond motifs is 1. The lowest BCUT2D eigenvalue weighted by molar-refractivity contribution is -0.119. The molecule has 22 heavy (non-hydrogen) atoms. The number of benzene rings is 1. The van der Waals surface area contributed by atoms with Gasteiger partial charge in [-0.15, -0.1) is 10.2 Å². The van der Waals surface area contributed by atoms with E-state index in [4.69, 9.17) is 0 Å². The number of rotatable bonds is 5. The van der Waals surface area contributed by atoms with Crippen molar-refractivity contribution < 1.29 is 4.79 Å². The van der Waals surface area contributed by atoms with Crippen molar-refractivity contribution in [1.82, 2.24) is 20.1 Å². The fourth-order valence-corrected chi connectivity index (χ4v) is 3.63. The van der Waals surface area contributed by atoms with Crippen molar-refractivity contribution >= 4 is 17.7 Å². The number of carbonyl (C=O) groups is 1. The normalized spacial score (nSPS) is 17.0. The average molecular weight is 316 g/mol. The molecule has 116 valence electrons. The zero-order valence-electron chi connectivity index (χ0n) is 12.7. The van der Waals surface area contributed by atoms with Gasteiger partial charge in [0.05, 0.1) is 11.8 Å². The molecular weight excluding hydrogens is 296 g/mol. The van der Waals surface area contributed by atoms with Crippen molar-refractivity contribution in [3.05, 3.63) is 41.7 Å². The van der Waals surface area contributed by atoms with Crippen molar-refractivity contribution in [2.75, 3.05) is 5.75 Å². The first-order chi connectivity index (χ1) is 10.8. The number of aromatic nitrogens is 3. The van der Waals surface area contributed by atoms with Gasteiger partial charge in [0, 0.05) is 6.54 Å². The fourth-order valence-electron chi connectivity index (χ4n) is 2.84. The molecule has 1 aromatic heterocycles. The Bertz CT molecular complexity index is 655. The van der Waals surface area contributed by atoms with Crippen molar-refractivity contribution in [2.24, 2.45) is 0 Å². The molecule has 1 N–H and O–H groups in total. The van der Waals surface area contributed by atoms with Crippen LogP contribution in [0.1, 0.15) is 36.9 Å². The van der Waals surface area contributed by atoms with E-state index >= 15 is 0 Å². The summed E-state index contributed by atoms with van der Waals surface area (Å²) in [6.07, 6.45) is 4.94. The predicted molar refractivity (Wildman–Crippen MR) is 86.7 cm³/mol. The first kappa shape index (κ1) is 15.1. The highest BCUT2D eigenvalue weighted by Crippen LogP contribution is 2.29. The first-order valence-electron chi connectivity index (χ1n) is 7.65. The summed E-state index contributed by atoms with van der Waals surface area (Å²) in [4.78, 5) is 12.2. The highest BCUT2D eigenvalue weighted by molar-refractivity contribution is 7.99. The van der Waals surface area contributed by atoms with E-state index in [0.717, 1.165) is 31.0 Å². The molecule has 0 unspecified atom stereocenters. The minimum absolute atomic E-state index is 0.0531. The van der Waals surface area contributed by atoms with Crippen molar-refractivity contribution in [2.45, 2.75) is 43.9 Å². The molecule has 1 aliphatic carbocycles. The number of nitrogens with zero attached hydrogens (tertiary/aromatic N) is 3. The highest BCUT2D eigenvalue weighted by Gasteiger charge is 2.21. The van der Waals surface area contributed by atoms with E-state index in [1.54, 1.807) is 6.33 Å². The largest absolute Gasteiger partial charge is 0.349 e. The molecule has 0 bridgehead atoms. The third kappa shape index (κ3) is 3.32. The van der Waals surface area contributed by atoms with Gasteiger partial charge in [-0.3, -0.25) is 4.79 Å². The molecule has 0 radical (unpaired) electrons. The molecule has 1 heterocycles. The van der Waals surface area contributed by atoms with Crippen LogP contribution in [0.3, 0.4) is 0 Å². The Labute approximate surface area is 134 Å². The highest BCUT2D eigenvalue weighted by atomic mass is 32.2.